The number of nitrogens with zero attached hydrogens (tertiary/aromatic N) is 2. The molecule has 1 fully saturated rings. The van der Waals surface area contributed by atoms with Gasteiger partial charge in [0.15, 0.2) is 0 Å². The van der Waals surface area contributed by atoms with Gasteiger partial charge in [-0.05, 0) is 43.2 Å². The van der Waals surface area contributed by atoms with Gasteiger partial charge in [-0.1, -0.05) is 50.8 Å². The van der Waals surface area contributed by atoms with Gasteiger partial charge in [0.05, 0.1) is 17.6 Å². The quantitative estimate of drug-likeness (QED) is 0.651. The molecule has 0 spiro atoms. The van der Waals surface area contributed by atoms with E-state index in [0.717, 1.165) is 16.1 Å². The number of nitrogens with two attached hydrogens (primary N) is 2. The lowest BCUT2D eigenvalue weighted by Gasteiger charge is -2.44. The van der Waals surface area contributed by atoms with Crippen molar-refractivity contribution in [1.29, 1.82) is 0 Å². The predicted molar refractivity (Wildman–Crippen MR) is 127 cm³/mol. The van der Waals surface area contributed by atoms with E-state index in [0.29, 0.717) is 31.2 Å². The first-order valence-electron chi connectivity index (χ1n) is 10.4. The van der Waals surface area contributed by atoms with Crippen molar-refractivity contribution in [2.75, 3.05) is 25.0 Å². The highest BCUT2D eigenvalue weighted by Crippen LogP contribution is 2.20. The summed E-state index contributed by atoms with van der Waals surface area (Å²) in [6.07, 6.45) is 9.49. The summed E-state index contributed by atoms with van der Waals surface area (Å²) in [6.45, 7) is 14.1. The Kier molecular flexibility index (Phi) is 8.16. The number of urea groups is 1. The van der Waals surface area contributed by atoms with Crippen molar-refractivity contribution in [1.82, 2.24) is 9.80 Å². The van der Waals surface area contributed by atoms with Crippen molar-refractivity contribution in [3.63, 3.8) is 0 Å². The highest BCUT2D eigenvalue weighted by molar-refractivity contribution is 5.90. The van der Waals surface area contributed by atoms with Crippen LogP contribution in [0.4, 0.5) is 10.5 Å². The van der Waals surface area contributed by atoms with E-state index in [1.54, 1.807) is 6.08 Å². The highest BCUT2D eigenvalue weighted by atomic mass is 16.2. The van der Waals surface area contributed by atoms with Crippen LogP contribution in [0.5, 0.6) is 0 Å². The first-order chi connectivity index (χ1) is 14.2. The maximum absolute atomic E-state index is 13.2. The lowest BCUT2D eigenvalue weighted by molar-refractivity contribution is 0.0949. The molecule has 1 aromatic carbocycles. The molecule has 5 N–H and O–H groups in total. The average molecular weight is 410 g/mol. The monoisotopic (exact) mass is 409 g/mol. The van der Waals surface area contributed by atoms with Crippen molar-refractivity contribution in [2.45, 2.75) is 33.7 Å². The number of hydrogen-bond donors (Lipinski definition) is 3. The average Bonchev–Trinajstić information content (AvgIpc) is 2.71. The van der Waals surface area contributed by atoms with Crippen LogP contribution in [-0.4, -0.2) is 41.5 Å². The van der Waals surface area contributed by atoms with Crippen LogP contribution in [0.15, 0.2) is 54.0 Å². The third-order valence-corrected chi connectivity index (χ3v) is 5.22. The number of allylic oxidation sites excluding steroid dienone is 5. The molecule has 0 aromatic heterocycles. The van der Waals surface area contributed by atoms with Gasteiger partial charge in [0.2, 0.25) is 0 Å². The molecule has 1 aliphatic heterocycles. The summed E-state index contributed by atoms with van der Waals surface area (Å²) in [6, 6.07) is 5.69. The second kappa shape index (κ2) is 10.6. The van der Waals surface area contributed by atoms with E-state index < -0.39 is 0 Å². The molecule has 30 heavy (non-hydrogen) atoms. The Morgan fingerprint density at radius 2 is 2.00 bits per heavy atom. The molecular formula is C24H35N5O. The van der Waals surface area contributed by atoms with E-state index in [1.165, 1.54) is 0 Å². The van der Waals surface area contributed by atoms with Gasteiger partial charge in [-0.3, -0.25) is 0 Å². The molecule has 1 atom stereocenters. The Balaban J connectivity index is 2.23. The fraction of sp³-hybridized carbons (Fsp3) is 0.375. The third-order valence-electron chi connectivity index (χ3n) is 5.22. The molecule has 6 heteroatoms. The fourth-order valence-corrected chi connectivity index (χ4v) is 3.49. The number of benzene rings is 1. The van der Waals surface area contributed by atoms with E-state index in [2.05, 4.69) is 30.6 Å². The first kappa shape index (κ1) is 23.1. The van der Waals surface area contributed by atoms with E-state index >= 15 is 0 Å². The summed E-state index contributed by atoms with van der Waals surface area (Å²) < 4.78 is 0. The van der Waals surface area contributed by atoms with Crippen LogP contribution >= 0.6 is 0 Å². The number of hydrogen-bond acceptors (Lipinski definition) is 4. The topological polar surface area (TPSA) is 87.6 Å². The smallest absolute Gasteiger partial charge is 0.322 e. The van der Waals surface area contributed by atoms with Crippen molar-refractivity contribution in [3.8, 4) is 0 Å². The largest absolute Gasteiger partial charge is 0.402 e. The van der Waals surface area contributed by atoms with Crippen LogP contribution in [-0.2, 0) is 0 Å². The molecule has 0 saturated carbocycles. The normalized spacial score (nSPS) is 19.1. The number of anilines is 1. The standard InChI is InChI=1S/C24H35N5O/c1-6-7-10-20-18(4)9-8-11-21(20)27-24(30)29-15-14-28(16-22(29)17(2)3)23(26)13-12-19(5)25/h6-13,17,22H,4,14-16,25-26H2,1-3,5H3,(H,27,30)/b7-6-,19-12-,20-10+,23-13+. The molecule has 0 aliphatic carbocycles. The van der Waals surface area contributed by atoms with Crippen molar-refractivity contribution < 1.29 is 4.79 Å². The minimum Gasteiger partial charge on any atom is -0.402 e. The molecule has 6 nitrogen and oxygen atoms in total. The summed E-state index contributed by atoms with van der Waals surface area (Å²) in [4.78, 5) is 17.2. The van der Waals surface area contributed by atoms with Gasteiger partial charge in [-0.25, -0.2) is 4.79 Å². The number of nitrogens with one attached hydrogen (secondary N) is 1. The number of carbonyl (C=O) groups excluding carboxylic acids is 1. The van der Waals surface area contributed by atoms with Gasteiger partial charge < -0.3 is 26.6 Å². The summed E-state index contributed by atoms with van der Waals surface area (Å²) in [5.41, 5.74) is 13.4. The van der Waals surface area contributed by atoms with Crippen molar-refractivity contribution in [3.05, 3.63) is 64.5 Å². The Morgan fingerprint density at radius 1 is 1.27 bits per heavy atom. The minimum absolute atomic E-state index is 0.0413. The Bertz CT molecular complexity index is 941. The van der Waals surface area contributed by atoms with Crippen LogP contribution in [0.2, 0.25) is 0 Å². The van der Waals surface area contributed by atoms with Crippen LogP contribution in [0.1, 0.15) is 27.7 Å². The zero-order valence-corrected chi connectivity index (χ0v) is 18.6. The third kappa shape index (κ3) is 5.92. The molecule has 2 amide bonds. The molecule has 1 heterocycles. The van der Waals surface area contributed by atoms with Crippen LogP contribution in [0.3, 0.4) is 0 Å². The van der Waals surface area contributed by atoms with Crippen LogP contribution in [0.25, 0.3) is 12.7 Å². The molecule has 1 unspecified atom stereocenters. The van der Waals surface area contributed by atoms with E-state index in [-0.39, 0.29) is 18.0 Å². The maximum atomic E-state index is 13.2. The second-order valence-corrected chi connectivity index (χ2v) is 7.95. The maximum Gasteiger partial charge on any atom is 0.322 e. The second-order valence-electron chi connectivity index (χ2n) is 7.95. The van der Waals surface area contributed by atoms with Gasteiger partial charge in [0.1, 0.15) is 0 Å². The summed E-state index contributed by atoms with van der Waals surface area (Å²) >= 11 is 0. The van der Waals surface area contributed by atoms with E-state index in [1.807, 2.05) is 61.3 Å². The number of piperazine rings is 1. The molecule has 2 rings (SSSR count). The fourth-order valence-electron chi connectivity index (χ4n) is 3.49. The van der Waals surface area contributed by atoms with Crippen LogP contribution in [0, 0.1) is 5.92 Å². The van der Waals surface area contributed by atoms with Crippen molar-refractivity contribution in [2.24, 2.45) is 17.4 Å². The molecule has 1 aliphatic rings. The molecule has 0 bridgehead atoms. The lowest BCUT2D eigenvalue weighted by Crippen LogP contribution is -2.58. The summed E-state index contributed by atoms with van der Waals surface area (Å²) in [5, 5.41) is 4.88. The minimum atomic E-state index is -0.102. The summed E-state index contributed by atoms with van der Waals surface area (Å²) in [5.74, 6) is 0.949. The Hall–Kier alpha value is -3.15. The van der Waals surface area contributed by atoms with Gasteiger partial charge in [0.25, 0.3) is 0 Å². The molecule has 1 saturated heterocycles. The molecule has 162 valence electrons. The molecular weight excluding hydrogens is 374 g/mol. The van der Waals surface area contributed by atoms with Gasteiger partial charge in [-0.2, -0.15) is 0 Å². The lowest BCUT2D eigenvalue weighted by atomic mass is 10.00. The zero-order chi connectivity index (χ0) is 22.3. The van der Waals surface area contributed by atoms with E-state index in [9.17, 15) is 4.79 Å². The van der Waals surface area contributed by atoms with Gasteiger partial charge in [0, 0.05) is 30.5 Å². The number of carbonyl (C=O) groups is 1. The van der Waals surface area contributed by atoms with Crippen LogP contribution < -0.4 is 27.2 Å². The number of amides is 2. The van der Waals surface area contributed by atoms with Gasteiger partial charge >= 0.3 is 6.03 Å². The zero-order valence-electron chi connectivity index (χ0n) is 18.6. The van der Waals surface area contributed by atoms with Gasteiger partial charge in [-0.15, -0.1) is 0 Å². The highest BCUT2D eigenvalue weighted by Gasteiger charge is 2.32. The number of rotatable bonds is 5. The predicted octanol–water partition coefficient (Wildman–Crippen LogP) is 2.29. The van der Waals surface area contributed by atoms with E-state index in [4.69, 9.17) is 11.5 Å². The molecule has 1 aromatic rings. The van der Waals surface area contributed by atoms with Crippen molar-refractivity contribution >= 4 is 24.4 Å². The Labute approximate surface area is 179 Å². The summed E-state index contributed by atoms with van der Waals surface area (Å²) in [7, 11) is 0. The SMILES string of the molecule is C=c1cccc(NC(=O)N2CCN(/C(N)=C/C=C(/C)N)CC2C(C)C)/c1=C/C=C\C. The molecule has 0 radical (unpaired) electrons. The first-order valence-corrected chi connectivity index (χ1v) is 10.4. The Morgan fingerprint density at radius 3 is 2.63 bits per heavy atom.